The van der Waals surface area contributed by atoms with Crippen LogP contribution < -0.4 is 5.73 Å². The summed E-state index contributed by atoms with van der Waals surface area (Å²) in [5.74, 6) is -1.22. The summed E-state index contributed by atoms with van der Waals surface area (Å²) in [5.41, 5.74) is 4.72. The van der Waals surface area contributed by atoms with E-state index in [0.717, 1.165) is 0 Å². The fourth-order valence-electron chi connectivity index (χ4n) is 1.41. The number of hydrogen-bond donors (Lipinski definition) is 1. The van der Waals surface area contributed by atoms with Gasteiger partial charge in [0, 0.05) is 6.54 Å². The molecule has 0 fully saturated rings. The van der Waals surface area contributed by atoms with E-state index >= 15 is 0 Å². The number of rotatable bonds is 5. The van der Waals surface area contributed by atoms with Gasteiger partial charge in [0.2, 0.25) is 0 Å². The molecule has 5 nitrogen and oxygen atoms in total. The Morgan fingerprint density at radius 1 is 1.27 bits per heavy atom. The summed E-state index contributed by atoms with van der Waals surface area (Å²) in [6.45, 7) is 3.59. The summed E-state index contributed by atoms with van der Waals surface area (Å²) >= 11 is 0. The van der Waals surface area contributed by atoms with Gasteiger partial charge in [-0.15, -0.1) is 0 Å². The lowest BCUT2D eigenvalue weighted by molar-refractivity contribution is -0.154. The van der Waals surface area contributed by atoms with Crippen LogP contribution in [-0.4, -0.2) is 32.7 Å². The van der Waals surface area contributed by atoms with E-state index in [1.54, 1.807) is 13.8 Å². The number of ether oxygens (including phenoxy) is 2. The first kappa shape index (κ1) is 13.9. The Hall–Kier alpha value is -1.10. The van der Waals surface area contributed by atoms with Gasteiger partial charge in [-0.05, 0) is 20.3 Å². The van der Waals surface area contributed by atoms with Crippen molar-refractivity contribution in [3.05, 3.63) is 0 Å². The predicted octanol–water partition coefficient (Wildman–Crippen LogP) is 0.324. The third-order valence-corrected chi connectivity index (χ3v) is 2.31. The van der Waals surface area contributed by atoms with E-state index in [-0.39, 0.29) is 12.5 Å². The van der Waals surface area contributed by atoms with Crippen LogP contribution >= 0.6 is 0 Å². The Kier molecular flexibility index (Phi) is 5.28. The molecule has 0 aliphatic carbocycles. The van der Waals surface area contributed by atoms with Crippen LogP contribution in [0.15, 0.2) is 0 Å². The van der Waals surface area contributed by atoms with E-state index in [1.165, 1.54) is 14.2 Å². The quantitative estimate of drug-likeness (QED) is 0.671. The molecule has 15 heavy (non-hydrogen) atoms. The van der Waals surface area contributed by atoms with E-state index in [4.69, 9.17) is 5.73 Å². The molecule has 5 heteroatoms. The van der Waals surface area contributed by atoms with Crippen molar-refractivity contribution in [3.8, 4) is 0 Å². The van der Waals surface area contributed by atoms with Crippen LogP contribution in [0.2, 0.25) is 0 Å². The predicted molar refractivity (Wildman–Crippen MR) is 55.0 cm³/mol. The zero-order chi connectivity index (χ0) is 12.1. The SMILES string of the molecule is COC(=O)C(CN)CC(C)(C)C(=O)OC. The second-order valence-corrected chi connectivity index (χ2v) is 4.04. The van der Waals surface area contributed by atoms with Crippen molar-refractivity contribution >= 4 is 11.9 Å². The molecule has 0 saturated heterocycles. The molecule has 0 rings (SSSR count). The highest BCUT2D eigenvalue weighted by molar-refractivity contribution is 5.78. The van der Waals surface area contributed by atoms with Gasteiger partial charge in [-0.25, -0.2) is 0 Å². The number of carbonyl (C=O) groups excluding carboxylic acids is 2. The molecule has 0 spiro atoms. The lowest BCUT2D eigenvalue weighted by Gasteiger charge is -2.25. The Bertz CT molecular complexity index is 238. The van der Waals surface area contributed by atoms with E-state index in [1.807, 2.05) is 0 Å². The van der Waals surface area contributed by atoms with E-state index in [2.05, 4.69) is 9.47 Å². The van der Waals surface area contributed by atoms with Crippen LogP contribution in [0, 0.1) is 11.3 Å². The largest absolute Gasteiger partial charge is 0.469 e. The lowest BCUT2D eigenvalue weighted by Crippen LogP contribution is -2.34. The first-order valence-corrected chi connectivity index (χ1v) is 4.75. The fourth-order valence-corrected chi connectivity index (χ4v) is 1.41. The summed E-state index contributed by atoms with van der Waals surface area (Å²) < 4.78 is 9.23. The molecule has 0 bridgehead atoms. The molecule has 0 saturated carbocycles. The van der Waals surface area contributed by atoms with Crippen LogP contribution in [0.5, 0.6) is 0 Å². The zero-order valence-electron chi connectivity index (χ0n) is 9.70. The monoisotopic (exact) mass is 217 g/mol. The van der Waals surface area contributed by atoms with Crippen LogP contribution in [0.3, 0.4) is 0 Å². The molecule has 2 N–H and O–H groups in total. The normalized spacial score (nSPS) is 13.1. The number of hydrogen-bond acceptors (Lipinski definition) is 5. The van der Waals surface area contributed by atoms with Gasteiger partial charge >= 0.3 is 11.9 Å². The number of nitrogens with two attached hydrogens (primary N) is 1. The Balaban J connectivity index is 4.53. The summed E-state index contributed by atoms with van der Waals surface area (Å²) in [4.78, 5) is 22.7. The maximum atomic E-state index is 11.4. The molecule has 1 unspecified atom stereocenters. The Morgan fingerprint density at radius 3 is 2.13 bits per heavy atom. The van der Waals surface area contributed by atoms with Gasteiger partial charge in [0.05, 0.1) is 25.6 Å². The molecule has 0 amide bonds. The van der Waals surface area contributed by atoms with Crippen molar-refractivity contribution in [2.45, 2.75) is 20.3 Å². The molecular weight excluding hydrogens is 198 g/mol. The van der Waals surface area contributed by atoms with Crippen LogP contribution in [0.1, 0.15) is 20.3 Å². The topological polar surface area (TPSA) is 78.6 Å². The fraction of sp³-hybridized carbons (Fsp3) is 0.800. The second-order valence-electron chi connectivity index (χ2n) is 4.04. The number of methoxy groups -OCH3 is 2. The van der Waals surface area contributed by atoms with Gasteiger partial charge < -0.3 is 15.2 Å². The summed E-state index contributed by atoms with van der Waals surface area (Å²) in [7, 11) is 2.62. The molecule has 0 radical (unpaired) electrons. The first-order valence-electron chi connectivity index (χ1n) is 4.75. The molecule has 0 aliphatic rings. The minimum absolute atomic E-state index is 0.160. The van der Waals surface area contributed by atoms with Crippen LogP contribution in [0.4, 0.5) is 0 Å². The van der Waals surface area contributed by atoms with Crippen molar-refractivity contribution in [2.24, 2.45) is 17.1 Å². The third kappa shape index (κ3) is 3.87. The molecule has 0 aliphatic heterocycles. The van der Waals surface area contributed by atoms with Gasteiger partial charge in [0.25, 0.3) is 0 Å². The highest BCUT2D eigenvalue weighted by Gasteiger charge is 2.34. The van der Waals surface area contributed by atoms with Crippen LogP contribution in [-0.2, 0) is 19.1 Å². The summed E-state index contributed by atoms with van der Waals surface area (Å²) in [5, 5.41) is 0. The first-order chi connectivity index (χ1) is 6.88. The van der Waals surface area contributed by atoms with Gasteiger partial charge in [-0.3, -0.25) is 9.59 Å². The number of esters is 2. The standard InChI is InChI=1S/C10H19NO4/c1-10(2,9(13)15-4)5-7(6-11)8(12)14-3/h7H,5-6,11H2,1-4H3. The maximum absolute atomic E-state index is 11.4. The summed E-state index contributed by atoms with van der Waals surface area (Å²) in [6, 6.07) is 0. The van der Waals surface area contributed by atoms with Gasteiger partial charge in [0.1, 0.15) is 0 Å². The van der Waals surface area contributed by atoms with Crippen molar-refractivity contribution in [2.75, 3.05) is 20.8 Å². The summed E-state index contributed by atoms with van der Waals surface area (Å²) in [6.07, 6.45) is 0.322. The molecule has 0 heterocycles. The second kappa shape index (κ2) is 5.70. The van der Waals surface area contributed by atoms with E-state index in [9.17, 15) is 9.59 Å². The number of carbonyl (C=O) groups is 2. The molecule has 88 valence electrons. The van der Waals surface area contributed by atoms with E-state index < -0.39 is 17.3 Å². The maximum Gasteiger partial charge on any atom is 0.311 e. The minimum Gasteiger partial charge on any atom is -0.469 e. The van der Waals surface area contributed by atoms with Crippen molar-refractivity contribution in [1.29, 1.82) is 0 Å². The highest BCUT2D eigenvalue weighted by atomic mass is 16.5. The van der Waals surface area contributed by atoms with Crippen LogP contribution in [0.25, 0.3) is 0 Å². The smallest absolute Gasteiger partial charge is 0.311 e. The Labute approximate surface area is 89.9 Å². The molecule has 1 atom stereocenters. The van der Waals surface area contributed by atoms with Crippen molar-refractivity contribution in [3.63, 3.8) is 0 Å². The molecule has 0 aromatic heterocycles. The third-order valence-electron chi connectivity index (χ3n) is 2.31. The van der Waals surface area contributed by atoms with Crippen molar-refractivity contribution < 1.29 is 19.1 Å². The minimum atomic E-state index is -0.729. The molecule has 0 aromatic rings. The Morgan fingerprint density at radius 2 is 1.80 bits per heavy atom. The van der Waals surface area contributed by atoms with E-state index in [0.29, 0.717) is 6.42 Å². The van der Waals surface area contributed by atoms with Gasteiger partial charge in [0.15, 0.2) is 0 Å². The van der Waals surface area contributed by atoms with Gasteiger partial charge in [-0.1, -0.05) is 0 Å². The average molecular weight is 217 g/mol. The highest BCUT2D eigenvalue weighted by Crippen LogP contribution is 2.27. The zero-order valence-corrected chi connectivity index (χ0v) is 9.70. The van der Waals surface area contributed by atoms with Gasteiger partial charge in [-0.2, -0.15) is 0 Å². The molecule has 0 aromatic carbocycles. The lowest BCUT2D eigenvalue weighted by atomic mass is 9.82. The average Bonchev–Trinajstić information content (AvgIpc) is 2.23. The molecular formula is C10H19NO4. The van der Waals surface area contributed by atoms with Crippen molar-refractivity contribution in [1.82, 2.24) is 0 Å².